The molecule has 0 amide bonds. The molecule has 0 unspecified atom stereocenters. The normalized spacial score (nSPS) is 17.6. The molecule has 0 aliphatic heterocycles. The molecular weight excluding hydrogens is 220 g/mol. The van der Waals surface area contributed by atoms with Gasteiger partial charge in [0.15, 0.2) is 0 Å². The van der Waals surface area contributed by atoms with Gasteiger partial charge in [0.25, 0.3) is 0 Å². The van der Waals surface area contributed by atoms with Crippen molar-refractivity contribution in [3.05, 3.63) is 16.1 Å². The average molecular weight is 240 g/mol. The summed E-state index contributed by atoms with van der Waals surface area (Å²) in [4.78, 5) is 4.55. The van der Waals surface area contributed by atoms with Crippen LogP contribution in [0.25, 0.3) is 0 Å². The number of rotatable bonds is 7. The van der Waals surface area contributed by atoms with E-state index in [1.807, 2.05) is 0 Å². The van der Waals surface area contributed by atoms with E-state index < -0.39 is 0 Å². The van der Waals surface area contributed by atoms with Gasteiger partial charge in [-0.3, -0.25) is 0 Å². The number of aryl methyl sites for hydroxylation is 1. The lowest BCUT2D eigenvalue weighted by atomic mass is 10.0. The van der Waals surface area contributed by atoms with Crippen LogP contribution in [-0.2, 0) is 11.2 Å². The van der Waals surface area contributed by atoms with Crippen molar-refractivity contribution in [2.75, 3.05) is 26.8 Å². The van der Waals surface area contributed by atoms with E-state index in [-0.39, 0.29) is 0 Å². The first kappa shape index (κ1) is 12.0. The number of nitrogens with zero attached hydrogens (tertiary/aromatic N) is 1. The van der Waals surface area contributed by atoms with Crippen LogP contribution in [-0.4, -0.2) is 31.8 Å². The molecule has 0 saturated heterocycles. The third kappa shape index (κ3) is 3.27. The highest BCUT2D eigenvalue weighted by atomic mass is 32.1. The van der Waals surface area contributed by atoms with Crippen molar-refractivity contribution in [2.45, 2.75) is 26.2 Å². The summed E-state index contributed by atoms with van der Waals surface area (Å²) in [7, 11) is 1.74. The van der Waals surface area contributed by atoms with Gasteiger partial charge in [0, 0.05) is 25.6 Å². The summed E-state index contributed by atoms with van der Waals surface area (Å²) in [5.41, 5.74) is 1.77. The molecule has 16 heavy (non-hydrogen) atoms. The molecule has 90 valence electrons. The fourth-order valence-corrected chi connectivity index (χ4v) is 2.61. The third-order valence-electron chi connectivity index (χ3n) is 3.16. The summed E-state index contributed by atoms with van der Waals surface area (Å²) in [6.07, 6.45) is 3.81. The van der Waals surface area contributed by atoms with E-state index in [0.29, 0.717) is 5.41 Å². The summed E-state index contributed by atoms with van der Waals surface area (Å²) >= 11 is 1.75. The Bertz CT molecular complexity index is 334. The fraction of sp³-hybridized carbons (Fsp3) is 0.750. The second kappa shape index (κ2) is 5.25. The Morgan fingerprint density at radius 3 is 2.94 bits per heavy atom. The van der Waals surface area contributed by atoms with Crippen LogP contribution in [0.2, 0.25) is 0 Å². The largest absolute Gasteiger partial charge is 0.383 e. The molecular formula is C12H20N2OS. The predicted molar refractivity (Wildman–Crippen MR) is 67.0 cm³/mol. The minimum atomic E-state index is 0.494. The zero-order valence-electron chi connectivity index (χ0n) is 10.1. The van der Waals surface area contributed by atoms with Gasteiger partial charge in [-0.2, -0.15) is 0 Å². The Labute approximate surface area is 101 Å². The minimum absolute atomic E-state index is 0.494. The molecule has 1 saturated carbocycles. The van der Waals surface area contributed by atoms with Crippen LogP contribution in [0.1, 0.15) is 23.5 Å². The minimum Gasteiger partial charge on any atom is -0.383 e. The van der Waals surface area contributed by atoms with E-state index in [9.17, 15) is 0 Å². The van der Waals surface area contributed by atoms with E-state index >= 15 is 0 Å². The van der Waals surface area contributed by atoms with Crippen molar-refractivity contribution in [3.8, 4) is 0 Å². The summed E-state index contributed by atoms with van der Waals surface area (Å²) in [5, 5.41) is 6.84. The summed E-state index contributed by atoms with van der Waals surface area (Å²) in [6.45, 7) is 4.93. The molecule has 1 aliphatic rings. The smallest absolute Gasteiger partial charge is 0.0897 e. The van der Waals surface area contributed by atoms with Crippen LogP contribution in [0, 0.1) is 12.3 Å². The molecule has 0 spiro atoms. The first-order valence-corrected chi connectivity index (χ1v) is 6.73. The molecule has 1 fully saturated rings. The maximum atomic E-state index is 5.03. The molecule has 1 aromatic heterocycles. The molecule has 2 rings (SSSR count). The quantitative estimate of drug-likeness (QED) is 0.740. The molecule has 3 nitrogen and oxygen atoms in total. The lowest BCUT2D eigenvalue weighted by molar-refractivity contribution is 0.197. The fourth-order valence-electron chi connectivity index (χ4n) is 1.99. The van der Waals surface area contributed by atoms with Gasteiger partial charge in [-0.1, -0.05) is 0 Å². The van der Waals surface area contributed by atoms with Gasteiger partial charge < -0.3 is 10.1 Å². The van der Waals surface area contributed by atoms with Crippen LogP contribution in [0.15, 0.2) is 5.38 Å². The molecule has 1 heterocycles. The van der Waals surface area contributed by atoms with E-state index in [4.69, 9.17) is 4.74 Å². The standard InChI is InChI=1S/C12H20N2OS/c1-10-14-11(8-16-10)7-12(3-4-12)9-13-5-6-15-2/h8,13H,3-7,9H2,1-2H3. The number of thiazole rings is 1. The zero-order chi connectivity index (χ0) is 11.4. The van der Waals surface area contributed by atoms with Crippen molar-refractivity contribution in [1.82, 2.24) is 10.3 Å². The lowest BCUT2D eigenvalue weighted by Gasteiger charge is -2.14. The van der Waals surface area contributed by atoms with Crippen molar-refractivity contribution in [1.29, 1.82) is 0 Å². The number of hydrogen-bond donors (Lipinski definition) is 1. The average Bonchev–Trinajstić information content (AvgIpc) is 2.90. The number of ether oxygens (including phenoxy) is 1. The Morgan fingerprint density at radius 1 is 1.56 bits per heavy atom. The van der Waals surface area contributed by atoms with Crippen molar-refractivity contribution >= 4 is 11.3 Å². The van der Waals surface area contributed by atoms with Gasteiger partial charge in [-0.25, -0.2) is 4.98 Å². The van der Waals surface area contributed by atoms with Gasteiger partial charge in [0.05, 0.1) is 17.3 Å². The first-order chi connectivity index (χ1) is 7.74. The monoisotopic (exact) mass is 240 g/mol. The molecule has 0 bridgehead atoms. The van der Waals surface area contributed by atoms with Crippen LogP contribution in [0.5, 0.6) is 0 Å². The molecule has 0 radical (unpaired) electrons. The second-order valence-electron chi connectivity index (χ2n) is 4.70. The van der Waals surface area contributed by atoms with Crippen molar-refractivity contribution < 1.29 is 4.74 Å². The zero-order valence-corrected chi connectivity index (χ0v) is 10.9. The predicted octanol–water partition coefficient (Wildman–Crippen LogP) is 2.01. The lowest BCUT2D eigenvalue weighted by Crippen LogP contribution is -2.28. The van der Waals surface area contributed by atoms with Crippen LogP contribution in [0.3, 0.4) is 0 Å². The first-order valence-electron chi connectivity index (χ1n) is 5.85. The SMILES string of the molecule is COCCNCC1(Cc2csc(C)n2)CC1. The van der Waals surface area contributed by atoms with E-state index in [1.165, 1.54) is 23.5 Å². The van der Waals surface area contributed by atoms with E-state index in [2.05, 4.69) is 22.6 Å². The number of nitrogens with one attached hydrogen (secondary N) is 1. The van der Waals surface area contributed by atoms with E-state index in [0.717, 1.165) is 26.1 Å². The van der Waals surface area contributed by atoms with Crippen LogP contribution >= 0.6 is 11.3 Å². The number of aromatic nitrogens is 1. The third-order valence-corrected chi connectivity index (χ3v) is 3.99. The maximum Gasteiger partial charge on any atom is 0.0897 e. The Kier molecular flexibility index (Phi) is 3.95. The molecule has 1 aliphatic carbocycles. The van der Waals surface area contributed by atoms with Gasteiger partial charge in [0.1, 0.15) is 0 Å². The maximum absolute atomic E-state index is 5.03. The number of methoxy groups -OCH3 is 1. The Hall–Kier alpha value is -0.450. The number of hydrogen-bond acceptors (Lipinski definition) is 4. The second-order valence-corrected chi connectivity index (χ2v) is 5.77. The highest BCUT2D eigenvalue weighted by Crippen LogP contribution is 2.47. The molecule has 1 aromatic rings. The van der Waals surface area contributed by atoms with Crippen molar-refractivity contribution in [3.63, 3.8) is 0 Å². The van der Waals surface area contributed by atoms with Gasteiger partial charge >= 0.3 is 0 Å². The van der Waals surface area contributed by atoms with Gasteiger partial charge in [-0.15, -0.1) is 11.3 Å². The highest BCUT2D eigenvalue weighted by Gasteiger charge is 2.42. The van der Waals surface area contributed by atoms with Crippen LogP contribution in [0.4, 0.5) is 0 Å². The molecule has 0 atom stereocenters. The Morgan fingerprint density at radius 2 is 2.38 bits per heavy atom. The topological polar surface area (TPSA) is 34.1 Å². The molecule has 4 heteroatoms. The highest BCUT2D eigenvalue weighted by molar-refractivity contribution is 7.09. The van der Waals surface area contributed by atoms with Crippen LogP contribution < -0.4 is 5.32 Å². The van der Waals surface area contributed by atoms with E-state index in [1.54, 1.807) is 18.4 Å². The van der Waals surface area contributed by atoms with Gasteiger partial charge in [-0.05, 0) is 31.6 Å². The Balaban J connectivity index is 1.75. The van der Waals surface area contributed by atoms with Gasteiger partial charge in [0.2, 0.25) is 0 Å². The molecule has 0 aromatic carbocycles. The summed E-state index contributed by atoms with van der Waals surface area (Å²) in [6, 6.07) is 0. The molecule has 1 N–H and O–H groups in total. The van der Waals surface area contributed by atoms with Crippen molar-refractivity contribution in [2.24, 2.45) is 5.41 Å². The summed E-state index contributed by atoms with van der Waals surface area (Å²) < 4.78 is 5.03. The summed E-state index contributed by atoms with van der Waals surface area (Å²) in [5.74, 6) is 0.